The van der Waals surface area contributed by atoms with Gasteiger partial charge in [0, 0.05) is 30.8 Å². The van der Waals surface area contributed by atoms with E-state index in [-0.39, 0.29) is 11.9 Å². The molecule has 0 unspecified atom stereocenters. The molecular formula is C24H29FN4O. The fraction of sp³-hybridized carbons (Fsp3) is 0.333. The van der Waals surface area contributed by atoms with E-state index in [1.54, 1.807) is 19.2 Å². The fourth-order valence-corrected chi connectivity index (χ4v) is 3.63. The third-order valence-electron chi connectivity index (χ3n) is 5.43. The van der Waals surface area contributed by atoms with Crippen molar-refractivity contribution in [3.05, 3.63) is 71.7 Å². The summed E-state index contributed by atoms with van der Waals surface area (Å²) >= 11 is 0. The summed E-state index contributed by atoms with van der Waals surface area (Å²) in [5.74, 6) is 0.803. The third-order valence-corrected chi connectivity index (χ3v) is 5.43. The first kappa shape index (κ1) is 21.7. The molecule has 5 nitrogen and oxygen atoms in total. The number of hydrogen-bond acceptors (Lipinski definition) is 5. The van der Waals surface area contributed by atoms with Gasteiger partial charge in [-0.1, -0.05) is 31.4 Å². The quantitative estimate of drug-likeness (QED) is 0.712. The minimum absolute atomic E-state index is 0.219. The molecule has 0 amide bonds. The number of aryl methyl sites for hydroxylation is 1. The molecule has 1 aromatic carbocycles. The fourth-order valence-electron chi connectivity index (χ4n) is 3.63. The molecule has 0 saturated carbocycles. The number of aromatic nitrogens is 2. The van der Waals surface area contributed by atoms with Crippen LogP contribution in [0.5, 0.6) is 5.88 Å². The maximum atomic E-state index is 14.3. The summed E-state index contributed by atoms with van der Waals surface area (Å²) in [6.07, 6.45) is 3.63. The van der Waals surface area contributed by atoms with E-state index in [1.807, 2.05) is 26.0 Å². The molecule has 30 heavy (non-hydrogen) atoms. The Balaban J connectivity index is 1.88. The van der Waals surface area contributed by atoms with Gasteiger partial charge in [0.1, 0.15) is 5.82 Å². The summed E-state index contributed by atoms with van der Waals surface area (Å²) in [7, 11) is 1.57. The lowest BCUT2D eigenvalue weighted by Crippen LogP contribution is -2.40. The number of anilines is 1. The molecule has 0 atom stereocenters. The van der Waals surface area contributed by atoms with Gasteiger partial charge in [0.25, 0.3) is 0 Å². The molecule has 0 spiro atoms. The standard InChI is InChI=1S/C24H29FN4O/c1-15-7-6-8-20(25)23(15)17(3)13-16(2)18(4)21-14-22(30-5)28-24(27-21)29-11-9-19(26)10-12-29/h6-8,13-14,19H,2,4,9-12,26H2,1,3,5H3/b17-13+. The topological polar surface area (TPSA) is 64.3 Å². The molecule has 1 saturated heterocycles. The minimum atomic E-state index is -0.253. The first-order chi connectivity index (χ1) is 14.3. The van der Waals surface area contributed by atoms with Crippen LogP contribution in [0.3, 0.4) is 0 Å². The Morgan fingerprint density at radius 1 is 1.27 bits per heavy atom. The van der Waals surface area contributed by atoms with Crippen LogP contribution in [0.15, 0.2) is 49.1 Å². The summed E-state index contributed by atoms with van der Waals surface area (Å²) < 4.78 is 19.7. The minimum Gasteiger partial charge on any atom is -0.481 e. The van der Waals surface area contributed by atoms with E-state index in [2.05, 4.69) is 23.0 Å². The largest absolute Gasteiger partial charge is 0.481 e. The van der Waals surface area contributed by atoms with Crippen LogP contribution in [0.25, 0.3) is 11.1 Å². The summed E-state index contributed by atoms with van der Waals surface area (Å²) in [6, 6.07) is 7.01. The van der Waals surface area contributed by atoms with E-state index < -0.39 is 0 Å². The van der Waals surface area contributed by atoms with E-state index in [0.29, 0.717) is 34.2 Å². The van der Waals surface area contributed by atoms with E-state index in [9.17, 15) is 4.39 Å². The number of ether oxygens (including phenoxy) is 1. The number of methoxy groups -OCH3 is 1. The van der Waals surface area contributed by atoms with Crippen molar-refractivity contribution >= 4 is 17.1 Å². The molecule has 0 bridgehead atoms. The Kier molecular flexibility index (Phi) is 6.67. The highest BCUT2D eigenvalue weighted by Crippen LogP contribution is 2.29. The molecule has 1 aliphatic rings. The van der Waals surface area contributed by atoms with E-state index >= 15 is 0 Å². The van der Waals surface area contributed by atoms with Gasteiger partial charge in [0.2, 0.25) is 11.8 Å². The second kappa shape index (κ2) is 9.22. The number of benzene rings is 1. The number of piperidine rings is 1. The molecule has 158 valence electrons. The lowest BCUT2D eigenvalue weighted by Gasteiger charge is -2.30. The molecule has 1 aliphatic heterocycles. The molecular weight excluding hydrogens is 379 g/mol. The van der Waals surface area contributed by atoms with Crippen LogP contribution in [0.4, 0.5) is 10.3 Å². The zero-order valence-corrected chi connectivity index (χ0v) is 17.9. The van der Waals surface area contributed by atoms with Crippen molar-refractivity contribution in [2.45, 2.75) is 32.7 Å². The summed E-state index contributed by atoms with van der Waals surface area (Å²) in [5.41, 5.74) is 10.2. The van der Waals surface area contributed by atoms with Crippen molar-refractivity contribution in [3.63, 3.8) is 0 Å². The molecule has 0 radical (unpaired) electrons. The van der Waals surface area contributed by atoms with Gasteiger partial charge in [-0.2, -0.15) is 4.98 Å². The van der Waals surface area contributed by atoms with E-state index in [1.165, 1.54) is 6.07 Å². The van der Waals surface area contributed by atoms with Gasteiger partial charge in [-0.25, -0.2) is 9.37 Å². The molecule has 0 aliphatic carbocycles. The average molecular weight is 409 g/mol. The Bertz CT molecular complexity index is 970. The molecule has 1 aromatic heterocycles. The smallest absolute Gasteiger partial charge is 0.229 e. The van der Waals surface area contributed by atoms with Gasteiger partial charge < -0.3 is 15.4 Å². The lowest BCUT2D eigenvalue weighted by atomic mass is 9.97. The molecule has 1 fully saturated rings. The molecule has 2 aromatic rings. The summed E-state index contributed by atoms with van der Waals surface area (Å²) in [4.78, 5) is 11.3. The van der Waals surface area contributed by atoms with Gasteiger partial charge in [-0.3, -0.25) is 0 Å². The third kappa shape index (κ3) is 4.76. The van der Waals surface area contributed by atoms with Crippen molar-refractivity contribution in [3.8, 4) is 5.88 Å². The van der Waals surface area contributed by atoms with Crippen LogP contribution >= 0.6 is 0 Å². The zero-order chi connectivity index (χ0) is 21.8. The van der Waals surface area contributed by atoms with E-state index in [0.717, 1.165) is 37.1 Å². The van der Waals surface area contributed by atoms with Crippen LogP contribution in [-0.4, -0.2) is 36.2 Å². The predicted octanol–water partition coefficient (Wildman–Crippen LogP) is 4.53. The average Bonchev–Trinajstić information content (AvgIpc) is 2.73. The van der Waals surface area contributed by atoms with Crippen LogP contribution in [-0.2, 0) is 0 Å². The summed E-state index contributed by atoms with van der Waals surface area (Å²) in [5, 5.41) is 0. The number of rotatable bonds is 6. The van der Waals surface area contributed by atoms with Gasteiger partial charge in [-0.05, 0) is 55.0 Å². The SMILES string of the molecule is C=C(/C=C(\C)c1c(C)cccc1F)C(=C)c1cc(OC)nc(N2CCC(N)CC2)n1. The highest BCUT2D eigenvalue weighted by Gasteiger charge is 2.20. The Morgan fingerprint density at radius 2 is 1.97 bits per heavy atom. The van der Waals surface area contributed by atoms with Gasteiger partial charge in [0.15, 0.2) is 0 Å². The lowest BCUT2D eigenvalue weighted by molar-refractivity contribution is 0.395. The van der Waals surface area contributed by atoms with Crippen molar-refractivity contribution in [1.82, 2.24) is 9.97 Å². The monoisotopic (exact) mass is 408 g/mol. The van der Waals surface area contributed by atoms with Crippen molar-refractivity contribution in [1.29, 1.82) is 0 Å². The predicted molar refractivity (Wildman–Crippen MR) is 121 cm³/mol. The maximum absolute atomic E-state index is 14.3. The highest BCUT2D eigenvalue weighted by molar-refractivity contribution is 5.83. The van der Waals surface area contributed by atoms with Crippen LogP contribution in [0, 0.1) is 12.7 Å². The van der Waals surface area contributed by atoms with Crippen LogP contribution in [0.1, 0.15) is 36.6 Å². The number of halogens is 1. The first-order valence-corrected chi connectivity index (χ1v) is 10.1. The highest BCUT2D eigenvalue weighted by atomic mass is 19.1. The molecule has 2 N–H and O–H groups in total. The Labute approximate surface area is 177 Å². The van der Waals surface area contributed by atoms with Crippen LogP contribution < -0.4 is 15.4 Å². The number of allylic oxidation sites excluding steroid dienone is 4. The van der Waals surface area contributed by atoms with Gasteiger partial charge in [-0.15, -0.1) is 0 Å². The number of nitrogens with zero attached hydrogens (tertiary/aromatic N) is 3. The van der Waals surface area contributed by atoms with Crippen molar-refractivity contribution in [2.24, 2.45) is 5.73 Å². The van der Waals surface area contributed by atoms with Gasteiger partial charge >= 0.3 is 0 Å². The molecule has 2 heterocycles. The zero-order valence-electron chi connectivity index (χ0n) is 17.9. The van der Waals surface area contributed by atoms with Crippen molar-refractivity contribution in [2.75, 3.05) is 25.1 Å². The second-order valence-corrected chi connectivity index (χ2v) is 7.68. The maximum Gasteiger partial charge on any atom is 0.229 e. The van der Waals surface area contributed by atoms with Crippen molar-refractivity contribution < 1.29 is 9.13 Å². The first-order valence-electron chi connectivity index (χ1n) is 10.1. The Hall–Kier alpha value is -2.99. The number of hydrogen-bond donors (Lipinski definition) is 1. The number of nitrogens with two attached hydrogens (primary N) is 1. The summed E-state index contributed by atoms with van der Waals surface area (Å²) in [6.45, 7) is 13.7. The molecule has 3 rings (SSSR count). The normalized spacial score (nSPS) is 15.2. The molecule has 6 heteroatoms. The van der Waals surface area contributed by atoms with Gasteiger partial charge in [0.05, 0.1) is 12.8 Å². The second-order valence-electron chi connectivity index (χ2n) is 7.68. The van der Waals surface area contributed by atoms with Crippen LogP contribution in [0.2, 0.25) is 0 Å². The Morgan fingerprint density at radius 3 is 2.60 bits per heavy atom. The van der Waals surface area contributed by atoms with E-state index in [4.69, 9.17) is 15.5 Å².